The number of aromatic nitrogens is 6. The van der Waals surface area contributed by atoms with Crippen molar-refractivity contribution >= 4 is 23.8 Å². The average Bonchev–Trinajstić information content (AvgIpc) is 2.51. The second kappa shape index (κ2) is 5.54. The first kappa shape index (κ1) is 11.7. The molecule has 0 fully saturated rings. The van der Waals surface area contributed by atoms with Gasteiger partial charge >= 0.3 is 0 Å². The van der Waals surface area contributed by atoms with Crippen LogP contribution in [0.2, 0.25) is 0 Å². The van der Waals surface area contributed by atoms with Gasteiger partial charge in [-0.2, -0.15) is 30.6 Å². The Bertz CT molecular complexity index is 540. The summed E-state index contributed by atoms with van der Waals surface area (Å²) in [4.78, 5) is 0. The second-order valence-corrected chi connectivity index (χ2v) is 5.86. The van der Waals surface area contributed by atoms with Crippen molar-refractivity contribution in [2.24, 2.45) is 0 Å². The molecule has 3 rings (SSSR count). The molecule has 3 aromatic rings. The molecule has 0 saturated carbocycles. The molecule has 0 N–H and O–H groups in total. The molecular weight excluding hydrogens is 259 g/mol. The highest BCUT2D eigenvalue weighted by atomic mass is 31.1. The van der Waals surface area contributed by atoms with E-state index in [1.54, 1.807) is 37.2 Å². The summed E-state index contributed by atoms with van der Waals surface area (Å²) in [6.07, 6.45) is 10.4. The van der Waals surface area contributed by atoms with Gasteiger partial charge in [0.1, 0.15) is 0 Å². The summed E-state index contributed by atoms with van der Waals surface area (Å²) in [5.74, 6) is 0. The molecule has 0 radical (unpaired) electrons. The Morgan fingerprint density at radius 1 is 0.526 bits per heavy atom. The van der Waals surface area contributed by atoms with Crippen LogP contribution in [0.1, 0.15) is 0 Å². The van der Waals surface area contributed by atoms with E-state index in [9.17, 15) is 0 Å². The summed E-state index contributed by atoms with van der Waals surface area (Å²) in [7, 11) is -0.753. The standard InChI is InChI=1S/C12H9N6P/c1-4-13-16-7-10(1)19(11-2-5-14-17-8-11)12-3-6-15-18-9-12/h1-9H. The van der Waals surface area contributed by atoms with Gasteiger partial charge in [-0.1, -0.05) is 0 Å². The first-order valence-corrected chi connectivity index (χ1v) is 6.89. The fourth-order valence-electron chi connectivity index (χ4n) is 1.70. The molecule has 0 saturated heterocycles. The molecule has 0 atom stereocenters. The van der Waals surface area contributed by atoms with Crippen LogP contribution in [0.5, 0.6) is 0 Å². The van der Waals surface area contributed by atoms with Crippen molar-refractivity contribution in [2.45, 2.75) is 0 Å². The molecule has 3 heterocycles. The molecule has 0 aliphatic carbocycles. The van der Waals surface area contributed by atoms with Gasteiger partial charge in [0.2, 0.25) is 0 Å². The summed E-state index contributed by atoms with van der Waals surface area (Å²) in [6.45, 7) is 0. The smallest absolute Gasteiger partial charge is 0.0579 e. The van der Waals surface area contributed by atoms with Crippen LogP contribution in [0, 0.1) is 0 Å². The normalized spacial score (nSPS) is 10.6. The topological polar surface area (TPSA) is 77.3 Å². The van der Waals surface area contributed by atoms with E-state index in [0.717, 1.165) is 15.9 Å². The molecule has 0 amide bonds. The van der Waals surface area contributed by atoms with Gasteiger partial charge in [-0.3, -0.25) is 0 Å². The van der Waals surface area contributed by atoms with E-state index in [1.807, 2.05) is 18.2 Å². The van der Waals surface area contributed by atoms with E-state index < -0.39 is 7.92 Å². The molecule has 6 nitrogen and oxygen atoms in total. The zero-order valence-electron chi connectivity index (χ0n) is 9.83. The molecule has 0 aromatic carbocycles. The van der Waals surface area contributed by atoms with Crippen molar-refractivity contribution in [3.63, 3.8) is 0 Å². The third kappa shape index (κ3) is 2.58. The molecular formula is C12H9N6P. The fourth-order valence-corrected chi connectivity index (χ4v) is 3.74. The maximum absolute atomic E-state index is 3.95. The van der Waals surface area contributed by atoms with Gasteiger partial charge in [0, 0.05) is 15.9 Å². The summed E-state index contributed by atoms with van der Waals surface area (Å²) in [5.41, 5.74) is 0. The molecule has 0 aliphatic heterocycles. The van der Waals surface area contributed by atoms with Crippen LogP contribution in [0.25, 0.3) is 0 Å². The molecule has 3 aromatic heterocycles. The SMILES string of the molecule is c1cc(P(c2ccnnc2)c2ccnnc2)cnn1. The molecule has 0 aliphatic rings. The first-order valence-electron chi connectivity index (χ1n) is 5.55. The van der Waals surface area contributed by atoms with Crippen LogP contribution in [0.15, 0.2) is 55.4 Å². The van der Waals surface area contributed by atoms with Crippen LogP contribution in [0.4, 0.5) is 0 Å². The predicted octanol–water partition coefficient (Wildman–Crippen LogP) is -0.185. The number of nitrogens with zero attached hydrogens (tertiary/aromatic N) is 6. The Hall–Kier alpha value is -2.33. The van der Waals surface area contributed by atoms with E-state index in [1.165, 1.54) is 0 Å². The number of hydrogen-bond donors (Lipinski definition) is 0. The van der Waals surface area contributed by atoms with Crippen molar-refractivity contribution < 1.29 is 0 Å². The summed E-state index contributed by atoms with van der Waals surface area (Å²) in [6, 6.07) is 5.87. The van der Waals surface area contributed by atoms with Crippen LogP contribution in [-0.4, -0.2) is 30.6 Å². The number of rotatable bonds is 3. The van der Waals surface area contributed by atoms with Crippen LogP contribution in [0.3, 0.4) is 0 Å². The Morgan fingerprint density at radius 2 is 0.895 bits per heavy atom. The Labute approximate surface area is 110 Å². The Balaban J connectivity index is 2.12. The average molecular weight is 268 g/mol. The van der Waals surface area contributed by atoms with E-state index >= 15 is 0 Å². The van der Waals surface area contributed by atoms with Gasteiger partial charge in [0.25, 0.3) is 0 Å². The molecule has 19 heavy (non-hydrogen) atoms. The largest absolute Gasteiger partial charge is 0.159 e. The quantitative estimate of drug-likeness (QED) is 0.613. The number of hydrogen-bond acceptors (Lipinski definition) is 6. The lowest BCUT2D eigenvalue weighted by Crippen LogP contribution is -2.22. The van der Waals surface area contributed by atoms with Gasteiger partial charge in [-0.05, 0) is 26.1 Å². The van der Waals surface area contributed by atoms with Crippen LogP contribution < -0.4 is 15.9 Å². The van der Waals surface area contributed by atoms with Crippen molar-refractivity contribution in [1.82, 2.24) is 30.6 Å². The van der Waals surface area contributed by atoms with Crippen molar-refractivity contribution in [1.29, 1.82) is 0 Å². The predicted molar refractivity (Wildman–Crippen MR) is 71.9 cm³/mol. The van der Waals surface area contributed by atoms with E-state index in [-0.39, 0.29) is 0 Å². The lowest BCUT2D eigenvalue weighted by Gasteiger charge is -2.16. The lowest BCUT2D eigenvalue weighted by molar-refractivity contribution is 1.03. The lowest BCUT2D eigenvalue weighted by atomic mass is 10.6. The molecule has 7 heteroatoms. The van der Waals surface area contributed by atoms with E-state index in [4.69, 9.17) is 0 Å². The van der Waals surface area contributed by atoms with Crippen molar-refractivity contribution in [3.05, 3.63) is 55.4 Å². The molecule has 0 unspecified atom stereocenters. The fraction of sp³-hybridized carbons (Fsp3) is 0. The Morgan fingerprint density at radius 3 is 1.16 bits per heavy atom. The molecule has 0 spiro atoms. The zero-order chi connectivity index (χ0) is 12.9. The molecule has 92 valence electrons. The highest BCUT2D eigenvalue weighted by Gasteiger charge is 2.17. The summed E-state index contributed by atoms with van der Waals surface area (Å²) >= 11 is 0. The summed E-state index contributed by atoms with van der Waals surface area (Å²) < 4.78 is 0. The first-order chi connectivity index (χ1) is 9.45. The molecule has 0 bridgehead atoms. The van der Waals surface area contributed by atoms with E-state index in [2.05, 4.69) is 30.6 Å². The van der Waals surface area contributed by atoms with Crippen LogP contribution >= 0.6 is 7.92 Å². The highest BCUT2D eigenvalue weighted by molar-refractivity contribution is 7.79. The van der Waals surface area contributed by atoms with Gasteiger partial charge in [-0.25, -0.2) is 0 Å². The third-order valence-electron chi connectivity index (χ3n) is 2.48. The van der Waals surface area contributed by atoms with Gasteiger partial charge in [0.05, 0.1) is 37.2 Å². The zero-order valence-corrected chi connectivity index (χ0v) is 10.7. The maximum atomic E-state index is 3.95. The minimum atomic E-state index is -0.753. The van der Waals surface area contributed by atoms with Crippen molar-refractivity contribution in [3.8, 4) is 0 Å². The highest BCUT2D eigenvalue weighted by Crippen LogP contribution is 2.30. The maximum Gasteiger partial charge on any atom is 0.0579 e. The minimum absolute atomic E-state index is 0.753. The second-order valence-electron chi connectivity index (χ2n) is 3.64. The van der Waals surface area contributed by atoms with Crippen LogP contribution in [-0.2, 0) is 0 Å². The van der Waals surface area contributed by atoms with Gasteiger partial charge < -0.3 is 0 Å². The third-order valence-corrected chi connectivity index (χ3v) is 4.82. The van der Waals surface area contributed by atoms with Gasteiger partial charge in [0.15, 0.2) is 0 Å². The van der Waals surface area contributed by atoms with E-state index in [0.29, 0.717) is 0 Å². The monoisotopic (exact) mass is 268 g/mol. The minimum Gasteiger partial charge on any atom is -0.159 e. The van der Waals surface area contributed by atoms with Gasteiger partial charge in [-0.15, -0.1) is 0 Å². The van der Waals surface area contributed by atoms with Crippen molar-refractivity contribution in [2.75, 3.05) is 0 Å². The Kier molecular flexibility index (Phi) is 3.42. The summed E-state index contributed by atoms with van der Waals surface area (Å²) in [5, 5.41) is 26.6.